The van der Waals surface area contributed by atoms with E-state index in [-0.39, 0.29) is 18.7 Å². The van der Waals surface area contributed by atoms with E-state index >= 15 is 0 Å². The molecule has 0 radical (unpaired) electrons. The fourth-order valence-corrected chi connectivity index (χ4v) is 1.95. The first-order valence-electron chi connectivity index (χ1n) is 4.93. The maximum Gasteiger partial charge on any atom is 0.302 e. The number of ether oxygens (including phenoxy) is 2. The lowest BCUT2D eigenvalue weighted by Crippen LogP contribution is -2.24. The van der Waals surface area contributed by atoms with Crippen molar-refractivity contribution in [3.8, 4) is 5.75 Å². The molecule has 1 heterocycles. The molecule has 2 rings (SSSR count). The SMILES string of the molecule is CC(=O)OCC1C=Cc2cccc(Br)c2O1. The Balaban J connectivity index is 2.11. The number of rotatable bonds is 2. The molecule has 0 aliphatic carbocycles. The molecule has 1 aliphatic rings. The first-order valence-corrected chi connectivity index (χ1v) is 5.73. The Morgan fingerprint density at radius 2 is 2.38 bits per heavy atom. The molecule has 1 atom stereocenters. The minimum Gasteiger partial charge on any atom is -0.481 e. The Kier molecular flexibility index (Phi) is 3.29. The van der Waals surface area contributed by atoms with E-state index < -0.39 is 0 Å². The first-order chi connectivity index (χ1) is 7.66. The second kappa shape index (κ2) is 4.70. The molecule has 0 bridgehead atoms. The molecule has 0 aromatic heterocycles. The van der Waals surface area contributed by atoms with Crippen molar-refractivity contribution in [1.82, 2.24) is 0 Å². The minimum absolute atomic E-state index is 0.213. The molecule has 1 aromatic carbocycles. The van der Waals surface area contributed by atoms with Crippen molar-refractivity contribution >= 4 is 28.0 Å². The van der Waals surface area contributed by atoms with E-state index in [4.69, 9.17) is 9.47 Å². The average molecular weight is 283 g/mol. The summed E-state index contributed by atoms with van der Waals surface area (Å²) < 4.78 is 11.5. The molecular formula is C12H11BrO3. The summed E-state index contributed by atoms with van der Waals surface area (Å²) in [5, 5.41) is 0. The van der Waals surface area contributed by atoms with Gasteiger partial charge in [0.25, 0.3) is 0 Å². The van der Waals surface area contributed by atoms with E-state index in [0.717, 1.165) is 15.8 Å². The number of para-hydroxylation sites is 1. The molecule has 3 nitrogen and oxygen atoms in total. The highest BCUT2D eigenvalue weighted by molar-refractivity contribution is 9.10. The third-order valence-corrected chi connectivity index (χ3v) is 2.83. The summed E-state index contributed by atoms with van der Waals surface area (Å²) in [6.07, 6.45) is 3.64. The van der Waals surface area contributed by atoms with Gasteiger partial charge in [0, 0.05) is 12.5 Å². The number of fused-ring (bicyclic) bond motifs is 1. The fourth-order valence-electron chi connectivity index (χ4n) is 1.47. The van der Waals surface area contributed by atoms with E-state index in [1.807, 2.05) is 30.4 Å². The number of carbonyl (C=O) groups is 1. The zero-order valence-electron chi connectivity index (χ0n) is 8.77. The number of halogens is 1. The van der Waals surface area contributed by atoms with Crippen LogP contribution in [-0.2, 0) is 9.53 Å². The molecule has 16 heavy (non-hydrogen) atoms. The molecule has 0 spiro atoms. The highest BCUT2D eigenvalue weighted by Gasteiger charge is 2.17. The van der Waals surface area contributed by atoms with Gasteiger partial charge in [-0.25, -0.2) is 0 Å². The van der Waals surface area contributed by atoms with Gasteiger partial charge in [-0.1, -0.05) is 18.2 Å². The van der Waals surface area contributed by atoms with E-state index in [1.165, 1.54) is 6.92 Å². The maximum absolute atomic E-state index is 10.7. The number of carbonyl (C=O) groups excluding carboxylic acids is 1. The molecule has 1 unspecified atom stereocenters. The van der Waals surface area contributed by atoms with Gasteiger partial charge >= 0.3 is 5.97 Å². The van der Waals surface area contributed by atoms with Crippen LogP contribution in [0.4, 0.5) is 0 Å². The standard InChI is InChI=1S/C12H11BrO3/c1-8(14)15-7-10-6-5-9-3-2-4-11(13)12(9)16-10/h2-6,10H,7H2,1H3. The van der Waals surface area contributed by atoms with Crippen molar-refractivity contribution in [1.29, 1.82) is 0 Å². The Hall–Kier alpha value is -1.29. The van der Waals surface area contributed by atoms with Gasteiger partial charge in [-0.05, 0) is 28.1 Å². The molecule has 84 valence electrons. The lowest BCUT2D eigenvalue weighted by Gasteiger charge is -2.21. The second-order valence-electron chi connectivity index (χ2n) is 3.48. The van der Waals surface area contributed by atoms with Crippen LogP contribution in [-0.4, -0.2) is 18.7 Å². The van der Waals surface area contributed by atoms with Crippen molar-refractivity contribution in [2.45, 2.75) is 13.0 Å². The van der Waals surface area contributed by atoms with Crippen molar-refractivity contribution < 1.29 is 14.3 Å². The molecule has 0 saturated heterocycles. The molecule has 0 N–H and O–H groups in total. The van der Waals surface area contributed by atoms with Gasteiger partial charge in [0.15, 0.2) is 6.10 Å². The van der Waals surface area contributed by atoms with E-state index in [9.17, 15) is 4.79 Å². The summed E-state index contributed by atoms with van der Waals surface area (Å²) in [6.45, 7) is 1.63. The third-order valence-electron chi connectivity index (χ3n) is 2.21. The lowest BCUT2D eigenvalue weighted by atomic mass is 10.1. The summed E-state index contributed by atoms with van der Waals surface area (Å²) in [6, 6.07) is 5.84. The highest BCUT2D eigenvalue weighted by Crippen LogP contribution is 2.33. The molecular weight excluding hydrogens is 272 g/mol. The summed E-state index contributed by atoms with van der Waals surface area (Å²) in [4.78, 5) is 10.7. The zero-order valence-corrected chi connectivity index (χ0v) is 10.4. The Labute approximate surface area is 102 Å². The van der Waals surface area contributed by atoms with Crippen molar-refractivity contribution in [2.24, 2.45) is 0 Å². The van der Waals surface area contributed by atoms with Crippen LogP contribution < -0.4 is 4.74 Å². The van der Waals surface area contributed by atoms with Crippen LogP contribution in [0.5, 0.6) is 5.75 Å². The predicted octanol–water partition coefficient (Wildman–Crippen LogP) is 2.79. The second-order valence-corrected chi connectivity index (χ2v) is 4.33. The van der Waals surface area contributed by atoms with Crippen molar-refractivity contribution in [2.75, 3.05) is 6.61 Å². The number of esters is 1. The van der Waals surface area contributed by atoms with Gasteiger partial charge in [0.2, 0.25) is 0 Å². The van der Waals surface area contributed by atoms with Gasteiger partial charge in [-0.2, -0.15) is 0 Å². The average Bonchev–Trinajstić information content (AvgIpc) is 2.27. The van der Waals surface area contributed by atoms with Crippen LogP contribution >= 0.6 is 15.9 Å². The smallest absolute Gasteiger partial charge is 0.302 e. The summed E-state index contributed by atoms with van der Waals surface area (Å²) in [7, 11) is 0. The summed E-state index contributed by atoms with van der Waals surface area (Å²) >= 11 is 3.42. The molecule has 4 heteroatoms. The molecule has 1 aliphatic heterocycles. The molecule has 0 saturated carbocycles. The van der Waals surface area contributed by atoms with Crippen molar-refractivity contribution in [3.05, 3.63) is 34.3 Å². The van der Waals surface area contributed by atoms with E-state index in [0.29, 0.717) is 0 Å². The van der Waals surface area contributed by atoms with Crippen LogP contribution in [0.3, 0.4) is 0 Å². The topological polar surface area (TPSA) is 35.5 Å². The Bertz CT molecular complexity index is 440. The Morgan fingerprint density at radius 1 is 1.56 bits per heavy atom. The van der Waals surface area contributed by atoms with E-state index in [2.05, 4.69) is 15.9 Å². The predicted molar refractivity (Wildman–Crippen MR) is 64.2 cm³/mol. The summed E-state index contributed by atoms with van der Waals surface area (Å²) in [5.41, 5.74) is 1.02. The highest BCUT2D eigenvalue weighted by atomic mass is 79.9. The first kappa shape index (κ1) is 11.2. The van der Waals surface area contributed by atoms with E-state index in [1.54, 1.807) is 0 Å². The number of hydrogen-bond donors (Lipinski definition) is 0. The number of benzene rings is 1. The molecule has 0 amide bonds. The zero-order chi connectivity index (χ0) is 11.5. The van der Waals surface area contributed by atoms with Gasteiger partial charge in [-0.3, -0.25) is 4.79 Å². The fraction of sp³-hybridized carbons (Fsp3) is 0.250. The van der Waals surface area contributed by atoms with Gasteiger partial charge < -0.3 is 9.47 Å². The largest absolute Gasteiger partial charge is 0.481 e. The quantitative estimate of drug-likeness (QED) is 0.783. The van der Waals surface area contributed by atoms with Crippen LogP contribution in [0.2, 0.25) is 0 Å². The van der Waals surface area contributed by atoms with Crippen LogP contribution in [0.15, 0.2) is 28.7 Å². The number of hydrogen-bond acceptors (Lipinski definition) is 3. The normalized spacial score (nSPS) is 17.5. The van der Waals surface area contributed by atoms with Gasteiger partial charge in [-0.15, -0.1) is 0 Å². The van der Waals surface area contributed by atoms with Gasteiger partial charge in [0.1, 0.15) is 12.4 Å². The minimum atomic E-state index is -0.296. The Morgan fingerprint density at radius 3 is 3.12 bits per heavy atom. The van der Waals surface area contributed by atoms with Crippen molar-refractivity contribution in [3.63, 3.8) is 0 Å². The maximum atomic E-state index is 10.7. The van der Waals surface area contributed by atoms with Crippen LogP contribution in [0.25, 0.3) is 6.08 Å². The van der Waals surface area contributed by atoms with Gasteiger partial charge in [0.05, 0.1) is 4.47 Å². The lowest BCUT2D eigenvalue weighted by molar-refractivity contribution is -0.142. The monoisotopic (exact) mass is 282 g/mol. The molecule has 1 aromatic rings. The summed E-state index contributed by atoms with van der Waals surface area (Å²) in [5.74, 6) is 0.497. The third kappa shape index (κ3) is 2.44. The molecule has 0 fully saturated rings. The van der Waals surface area contributed by atoms with Crippen LogP contribution in [0.1, 0.15) is 12.5 Å². The van der Waals surface area contributed by atoms with Crippen LogP contribution in [0, 0.1) is 0 Å².